The molecule has 1 heterocycles. The molecule has 0 radical (unpaired) electrons. The molecular weight excluding hydrogens is 172 g/mol. The van der Waals surface area contributed by atoms with Crippen molar-refractivity contribution in [3.63, 3.8) is 0 Å². The van der Waals surface area contributed by atoms with Crippen molar-refractivity contribution in [3.8, 4) is 0 Å². The first-order valence-electron chi connectivity index (χ1n) is 3.78. The molecule has 0 aromatic carbocycles. The van der Waals surface area contributed by atoms with Crippen molar-refractivity contribution in [2.75, 3.05) is 6.54 Å². The zero-order chi connectivity index (χ0) is 9.19. The van der Waals surface area contributed by atoms with Gasteiger partial charge in [-0.1, -0.05) is 11.8 Å². The molecule has 1 aromatic heterocycles. The first-order valence-corrected chi connectivity index (χ1v) is 4.60. The van der Waals surface area contributed by atoms with E-state index in [1.807, 2.05) is 7.05 Å². The molecule has 0 unspecified atom stereocenters. The van der Waals surface area contributed by atoms with E-state index in [1.165, 1.54) is 0 Å². The number of hydrogen-bond donors (Lipinski definition) is 1. The summed E-state index contributed by atoms with van der Waals surface area (Å²) in [5.74, 6) is 0. The highest BCUT2D eigenvalue weighted by Gasteiger charge is 2.19. The van der Waals surface area contributed by atoms with Crippen molar-refractivity contribution in [2.24, 2.45) is 12.8 Å². The highest BCUT2D eigenvalue weighted by atomic mass is 32.2. The second-order valence-corrected chi connectivity index (χ2v) is 4.91. The number of nitrogens with two attached hydrogens (primary N) is 1. The minimum Gasteiger partial charge on any atom is -0.329 e. The lowest BCUT2D eigenvalue weighted by atomic mass is 10.2. The summed E-state index contributed by atoms with van der Waals surface area (Å²) in [6, 6.07) is 0. The summed E-state index contributed by atoms with van der Waals surface area (Å²) in [7, 11) is 1.88. The van der Waals surface area contributed by atoms with Gasteiger partial charge in [0.2, 0.25) is 0 Å². The van der Waals surface area contributed by atoms with E-state index < -0.39 is 0 Å². The van der Waals surface area contributed by atoms with Gasteiger partial charge in [0.05, 0.1) is 0 Å². The van der Waals surface area contributed by atoms with Crippen LogP contribution in [0.4, 0.5) is 0 Å². The molecule has 0 aliphatic rings. The summed E-state index contributed by atoms with van der Waals surface area (Å²) in [6.45, 7) is 4.81. The Morgan fingerprint density at radius 1 is 1.67 bits per heavy atom. The molecule has 68 valence electrons. The summed E-state index contributed by atoms with van der Waals surface area (Å²) in [4.78, 5) is 4.11. The molecule has 0 spiro atoms. The molecule has 2 N–H and O–H groups in total. The first-order chi connectivity index (χ1) is 5.55. The van der Waals surface area contributed by atoms with Crippen molar-refractivity contribution < 1.29 is 0 Å². The molecule has 0 saturated heterocycles. The van der Waals surface area contributed by atoms with Crippen LogP contribution in [0, 0.1) is 0 Å². The molecule has 4 nitrogen and oxygen atoms in total. The first kappa shape index (κ1) is 9.54. The van der Waals surface area contributed by atoms with Crippen molar-refractivity contribution in [1.29, 1.82) is 0 Å². The molecule has 12 heavy (non-hydrogen) atoms. The van der Waals surface area contributed by atoms with Gasteiger partial charge in [0, 0.05) is 18.3 Å². The minimum absolute atomic E-state index is 0.0286. The lowest BCUT2D eigenvalue weighted by Crippen LogP contribution is -2.27. The third-order valence-corrected chi connectivity index (χ3v) is 2.80. The lowest BCUT2D eigenvalue weighted by molar-refractivity contribution is 0.666. The van der Waals surface area contributed by atoms with Gasteiger partial charge in [-0.2, -0.15) is 5.10 Å². The zero-order valence-corrected chi connectivity index (χ0v) is 8.43. The van der Waals surface area contributed by atoms with E-state index in [2.05, 4.69) is 23.9 Å². The smallest absolute Gasteiger partial charge is 0.186 e. The maximum absolute atomic E-state index is 5.59. The van der Waals surface area contributed by atoms with Gasteiger partial charge < -0.3 is 5.73 Å². The highest BCUT2D eigenvalue weighted by molar-refractivity contribution is 8.00. The van der Waals surface area contributed by atoms with Gasteiger partial charge in [0.15, 0.2) is 5.16 Å². The average Bonchev–Trinajstić information content (AvgIpc) is 2.36. The molecule has 0 saturated carbocycles. The summed E-state index contributed by atoms with van der Waals surface area (Å²) in [5, 5.41) is 4.89. The standard InChI is InChI=1S/C7H14N4S/c1-7(2,4-8)12-6-9-5-10-11(6)3/h5H,4,8H2,1-3H3. The van der Waals surface area contributed by atoms with E-state index in [0.717, 1.165) is 5.16 Å². The Balaban J connectivity index is 2.70. The van der Waals surface area contributed by atoms with E-state index >= 15 is 0 Å². The predicted molar refractivity (Wildman–Crippen MR) is 50.0 cm³/mol. The van der Waals surface area contributed by atoms with Crippen molar-refractivity contribution in [3.05, 3.63) is 6.33 Å². The Morgan fingerprint density at radius 3 is 2.75 bits per heavy atom. The van der Waals surface area contributed by atoms with Crippen LogP contribution in [-0.4, -0.2) is 26.1 Å². The third-order valence-electron chi connectivity index (χ3n) is 1.53. The minimum atomic E-state index is 0.0286. The SMILES string of the molecule is Cn1ncnc1SC(C)(C)CN. The largest absolute Gasteiger partial charge is 0.329 e. The Labute approximate surface area is 76.5 Å². The fourth-order valence-corrected chi connectivity index (χ4v) is 1.52. The molecule has 0 aliphatic carbocycles. The Kier molecular flexibility index (Phi) is 2.74. The number of nitrogens with zero attached hydrogens (tertiary/aromatic N) is 3. The quantitative estimate of drug-likeness (QED) is 0.704. The molecular formula is C7H14N4S. The average molecular weight is 186 g/mol. The van der Waals surface area contributed by atoms with Gasteiger partial charge in [-0.05, 0) is 13.8 Å². The van der Waals surface area contributed by atoms with E-state index in [4.69, 9.17) is 5.73 Å². The molecule has 0 aliphatic heterocycles. The number of aryl methyl sites for hydroxylation is 1. The monoisotopic (exact) mass is 186 g/mol. The van der Waals surface area contributed by atoms with E-state index in [0.29, 0.717) is 6.54 Å². The summed E-state index contributed by atoms with van der Waals surface area (Å²) < 4.78 is 1.78. The maximum atomic E-state index is 5.59. The third kappa shape index (κ3) is 2.22. The van der Waals surface area contributed by atoms with Crippen LogP contribution in [0.2, 0.25) is 0 Å². The van der Waals surface area contributed by atoms with E-state index in [-0.39, 0.29) is 4.75 Å². The fraction of sp³-hybridized carbons (Fsp3) is 0.714. The van der Waals surface area contributed by atoms with Gasteiger partial charge in [-0.15, -0.1) is 0 Å². The van der Waals surface area contributed by atoms with Crippen LogP contribution in [0.3, 0.4) is 0 Å². The van der Waals surface area contributed by atoms with Crippen LogP contribution < -0.4 is 5.73 Å². The molecule has 0 bridgehead atoms. The molecule has 5 heteroatoms. The number of rotatable bonds is 3. The van der Waals surface area contributed by atoms with Crippen molar-refractivity contribution in [1.82, 2.24) is 14.8 Å². The van der Waals surface area contributed by atoms with E-state index in [9.17, 15) is 0 Å². The second kappa shape index (κ2) is 3.45. The molecule has 0 amide bonds. The normalized spacial score (nSPS) is 12.0. The molecule has 1 aromatic rings. The Hall–Kier alpha value is -0.550. The lowest BCUT2D eigenvalue weighted by Gasteiger charge is -2.19. The van der Waals surface area contributed by atoms with Crippen LogP contribution >= 0.6 is 11.8 Å². The molecule has 0 fully saturated rings. The zero-order valence-electron chi connectivity index (χ0n) is 7.61. The number of thioether (sulfide) groups is 1. The summed E-state index contributed by atoms with van der Waals surface area (Å²) >= 11 is 1.64. The Morgan fingerprint density at radius 2 is 2.33 bits per heavy atom. The highest BCUT2D eigenvalue weighted by Crippen LogP contribution is 2.28. The molecule has 0 atom stereocenters. The van der Waals surface area contributed by atoms with Crippen molar-refractivity contribution in [2.45, 2.75) is 23.8 Å². The molecule has 1 rings (SSSR count). The fourth-order valence-electron chi connectivity index (χ4n) is 0.667. The van der Waals surface area contributed by atoms with Gasteiger partial charge in [-0.3, -0.25) is 0 Å². The maximum Gasteiger partial charge on any atom is 0.186 e. The predicted octanol–water partition coefficient (Wildman–Crippen LogP) is 0.645. The topological polar surface area (TPSA) is 56.7 Å². The number of aromatic nitrogens is 3. The van der Waals surface area contributed by atoms with Crippen LogP contribution in [0.5, 0.6) is 0 Å². The summed E-state index contributed by atoms with van der Waals surface area (Å²) in [5.41, 5.74) is 5.59. The van der Waals surface area contributed by atoms with Crippen LogP contribution in [0.1, 0.15) is 13.8 Å². The Bertz CT molecular complexity index is 256. The van der Waals surface area contributed by atoms with Crippen LogP contribution in [0.25, 0.3) is 0 Å². The van der Waals surface area contributed by atoms with Crippen molar-refractivity contribution >= 4 is 11.8 Å². The van der Waals surface area contributed by atoms with Gasteiger partial charge in [-0.25, -0.2) is 9.67 Å². The second-order valence-electron chi connectivity index (χ2n) is 3.23. The van der Waals surface area contributed by atoms with E-state index in [1.54, 1.807) is 22.8 Å². The van der Waals surface area contributed by atoms with Gasteiger partial charge in [0.25, 0.3) is 0 Å². The van der Waals surface area contributed by atoms with Gasteiger partial charge in [0.1, 0.15) is 6.33 Å². The van der Waals surface area contributed by atoms with Gasteiger partial charge >= 0.3 is 0 Å². The number of hydrogen-bond acceptors (Lipinski definition) is 4. The summed E-state index contributed by atoms with van der Waals surface area (Å²) in [6.07, 6.45) is 1.55. The van der Waals surface area contributed by atoms with Crippen LogP contribution in [0.15, 0.2) is 11.5 Å². The van der Waals surface area contributed by atoms with Crippen LogP contribution in [-0.2, 0) is 7.05 Å².